The van der Waals surface area contributed by atoms with Gasteiger partial charge in [0.05, 0.1) is 0 Å². The van der Waals surface area contributed by atoms with E-state index in [4.69, 9.17) is 0 Å². The van der Waals surface area contributed by atoms with Crippen molar-refractivity contribution in [2.75, 3.05) is 0 Å². The Morgan fingerprint density at radius 3 is 1.33 bits per heavy atom. The molecule has 0 bridgehead atoms. The van der Waals surface area contributed by atoms with Gasteiger partial charge >= 0.3 is 0 Å². The van der Waals surface area contributed by atoms with Crippen molar-refractivity contribution in [1.29, 1.82) is 0 Å². The van der Waals surface area contributed by atoms with Crippen LogP contribution in [0.2, 0.25) is 0 Å². The monoisotopic (exact) mass is 292 g/mol. The van der Waals surface area contributed by atoms with Gasteiger partial charge in [-0.25, -0.2) is 0 Å². The fraction of sp³-hybridized carbons (Fsp3) is 0.619. The first-order chi connectivity index (χ1) is 9.43. The highest BCUT2D eigenvalue weighted by Crippen LogP contribution is 2.30. The molecule has 0 aliphatic rings. The molecule has 0 aromatic carbocycles. The second kappa shape index (κ2) is 12.7. The third kappa shape index (κ3) is 15.2. The zero-order chi connectivity index (χ0) is 17.8. The Kier molecular flexibility index (Phi) is 15.1. The van der Waals surface area contributed by atoms with E-state index in [2.05, 4.69) is 81.0 Å². The van der Waals surface area contributed by atoms with E-state index in [-0.39, 0.29) is 5.41 Å². The van der Waals surface area contributed by atoms with Gasteiger partial charge in [-0.3, -0.25) is 0 Å². The van der Waals surface area contributed by atoms with Crippen molar-refractivity contribution < 1.29 is 0 Å². The van der Waals surface area contributed by atoms with Crippen molar-refractivity contribution in [2.45, 2.75) is 83.1 Å². The largest absolute Gasteiger partial charge is 0.0958 e. The lowest BCUT2D eigenvalue weighted by Crippen LogP contribution is -2.09. The highest BCUT2D eigenvalue weighted by molar-refractivity contribution is 5.37. The summed E-state index contributed by atoms with van der Waals surface area (Å²) in [6.07, 6.45) is 4.34. The van der Waals surface area contributed by atoms with Crippen LogP contribution in [-0.2, 0) is 0 Å². The molecule has 0 aromatic rings. The molecule has 0 aromatic heterocycles. The Hall–Kier alpha value is -1.04. The fourth-order valence-electron chi connectivity index (χ4n) is 1.45. The lowest BCUT2D eigenvalue weighted by Gasteiger charge is -2.23. The molecule has 0 spiro atoms. The molecule has 0 unspecified atom stereocenters. The molecule has 0 heteroatoms. The van der Waals surface area contributed by atoms with Crippen LogP contribution in [0.25, 0.3) is 0 Å². The van der Waals surface area contributed by atoms with E-state index in [0.29, 0.717) is 0 Å². The quantitative estimate of drug-likeness (QED) is 0.358. The van der Waals surface area contributed by atoms with Crippen molar-refractivity contribution in [1.82, 2.24) is 0 Å². The lowest BCUT2D eigenvalue weighted by molar-refractivity contribution is 0.511. The van der Waals surface area contributed by atoms with Crippen molar-refractivity contribution >= 4 is 0 Å². The van der Waals surface area contributed by atoms with Gasteiger partial charge in [0, 0.05) is 0 Å². The van der Waals surface area contributed by atoms with Crippen LogP contribution in [0.4, 0.5) is 0 Å². The SMILES string of the molecule is C=C(C)/C(C)=C\C(=C(C)C)C(C)(C)C.CC.CC=C(C)C. The molecule has 21 heavy (non-hydrogen) atoms. The number of hydrogen-bond donors (Lipinski definition) is 0. The summed E-state index contributed by atoms with van der Waals surface area (Å²) >= 11 is 0. The van der Waals surface area contributed by atoms with Crippen LogP contribution in [0, 0.1) is 5.41 Å². The Labute approximate surface area is 135 Å². The Morgan fingerprint density at radius 2 is 1.19 bits per heavy atom. The van der Waals surface area contributed by atoms with Crippen LogP contribution in [0.15, 0.2) is 46.6 Å². The number of rotatable bonds is 2. The number of allylic oxidation sites excluding steroid dienone is 7. The minimum absolute atomic E-state index is 0.218. The Balaban J connectivity index is -0.000000389. The molecule has 0 aliphatic carbocycles. The third-order valence-corrected chi connectivity index (χ3v) is 2.96. The van der Waals surface area contributed by atoms with Gasteiger partial charge in [0.15, 0.2) is 0 Å². The van der Waals surface area contributed by atoms with Gasteiger partial charge in [0.2, 0.25) is 0 Å². The minimum Gasteiger partial charge on any atom is -0.0958 e. The molecule has 0 fully saturated rings. The Bertz CT molecular complexity index is 371. The predicted molar refractivity (Wildman–Crippen MR) is 103 cm³/mol. The molecule has 0 rings (SSSR count). The summed E-state index contributed by atoms with van der Waals surface area (Å²) in [4.78, 5) is 0. The zero-order valence-electron chi connectivity index (χ0n) is 16.9. The van der Waals surface area contributed by atoms with Gasteiger partial charge < -0.3 is 0 Å². The van der Waals surface area contributed by atoms with Crippen molar-refractivity contribution in [3.63, 3.8) is 0 Å². The van der Waals surface area contributed by atoms with Crippen LogP contribution < -0.4 is 0 Å². The maximum absolute atomic E-state index is 3.96. The molecule has 0 atom stereocenters. The van der Waals surface area contributed by atoms with Crippen molar-refractivity contribution in [3.05, 3.63) is 46.6 Å². The minimum atomic E-state index is 0.218. The van der Waals surface area contributed by atoms with Gasteiger partial charge in [-0.1, -0.05) is 70.1 Å². The second-order valence-corrected chi connectivity index (χ2v) is 6.64. The van der Waals surface area contributed by atoms with E-state index in [1.165, 1.54) is 22.3 Å². The normalized spacial score (nSPS) is 10.4. The first-order valence-electron chi connectivity index (χ1n) is 8.05. The molecule has 0 radical (unpaired) electrons. The third-order valence-electron chi connectivity index (χ3n) is 2.96. The summed E-state index contributed by atoms with van der Waals surface area (Å²) in [6, 6.07) is 0. The van der Waals surface area contributed by atoms with E-state index in [1.807, 2.05) is 20.8 Å². The van der Waals surface area contributed by atoms with Crippen LogP contribution in [0.3, 0.4) is 0 Å². The number of hydrogen-bond acceptors (Lipinski definition) is 0. The topological polar surface area (TPSA) is 0 Å². The fourth-order valence-corrected chi connectivity index (χ4v) is 1.45. The van der Waals surface area contributed by atoms with E-state index in [9.17, 15) is 0 Å². The summed E-state index contributed by atoms with van der Waals surface area (Å²) in [5.41, 5.74) is 6.82. The molecule has 124 valence electrons. The molecule has 0 nitrogen and oxygen atoms in total. The summed E-state index contributed by atoms with van der Waals surface area (Å²) in [6.45, 7) is 29.4. The standard InChI is InChI=1S/C14H24.C5H10.C2H6/c1-10(2)12(5)9-13(11(3)4)14(6,7)8;1-4-5(2)3;1-2/h9H,1H2,2-8H3;4H,1-3H3;1-2H3/b12-9-;;. The first kappa shape index (κ1) is 24.9. The first-order valence-corrected chi connectivity index (χ1v) is 8.05. The molecule has 0 heterocycles. The maximum Gasteiger partial charge on any atom is -0.0132 e. The van der Waals surface area contributed by atoms with Gasteiger partial charge in [-0.15, -0.1) is 0 Å². The Morgan fingerprint density at radius 1 is 0.857 bits per heavy atom. The average molecular weight is 293 g/mol. The molecule has 0 saturated carbocycles. The highest BCUT2D eigenvalue weighted by Gasteiger charge is 2.16. The van der Waals surface area contributed by atoms with Gasteiger partial charge in [-0.2, -0.15) is 0 Å². The lowest BCUT2D eigenvalue weighted by atomic mass is 9.82. The molecule has 0 saturated heterocycles. The summed E-state index contributed by atoms with van der Waals surface area (Å²) in [5.74, 6) is 0. The van der Waals surface area contributed by atoms with E-state index in [0.717, 1.165) is 5.57 Å². The van der Waals surface area contributed by atoms with Crippen molar-refractivity contribution in [3.8, 4) is 0 Å². The average Bonchev–Trinajstić information content (AvgIpc) is 2.36. The second-order valence-electron chi connectivity index (χ2n) is 6.64. The molecule has 0 aliphatic heterocycles. The molecular weight excluding hydrogens is 252 g/mol. The highest BCUT2D eigenvalue weighted by atomic mass is 14.2. The van der Waals surface area contributed by atoms with Gasteiger partial charge in [0.25, 0.3) is 0 Å². The van der Waals surface area contributed by atoms with Crippen LogP contribution in [-0.4, -0.2) is 0 Å². The molecule has 0 N–H and O–H groups in total. The summed E-state index contributed by atoms with van der Waals surface area (Å²) < 4.78 is 0. The van der Waals surface area contributed by atoms with E-state index < -0.39 is 0 Å². The van der Waals surface area contributed by atoms with Gasteiger partial charge in [-0.05, 0) is 65.0 Å². The van der Waals surface area contributed by atoms with Gasteiger partial charge in [0.1, 0.15) is 0 Å². The van der Waals surface area contributed by atoms with Crippen LogP contribution in [0.5, 0.6) is 0 Å². The zero-order valence-corrected chi connectivity index (χ0v) is 16.9. The molecule has 0 amide bonds. The maximum atomic E-state index is 3.96. The predicted octanol–water partition coefficient (Wildman–Crippen LogP) is 7.89. The molecular formula is C21H40. The smallest absolute Gasteiger partial charge is 0.0132 e. The van der Waals surface area contributed by atoms with E-state index >= 15 is 0 Å². The van der Waals surface area contributed by atoms with E-state index in [1.54, 1.807) is 0 Å². The summed E-state index contributed by atoms with van der Waals surface area (Å²) in [7, 11) is 0. The van der Waals surface area contributed by atoms with Crippen LogP contribution >= 0.6 is 0 Å². The van der Waals surface area contributed by atoms with Crippen LogP contribution in [0.1, 0.15) is 83.1 Å². The summed E-state index contributed by atoms with van der Waals surface area (Å²) in [5, 5.41) is 0. The van der Waals surface area contributed by atoms with Crippen molar-refractivity contribution in [2.24, 2.45) is 5.41 Å².